The molecule has 0 aliphatic carbocycles. The van der Waals surface area contributed by atoms with Gasteiger partial charge in [-0.15, -0.1) is 23.5 Å². The van der Waals surface area contributed by atoms with E-state index in [1.54, 1.807) is 23.5 Å². The first-order valence-electron chi connectivity index (χ1n) is 20.7. The Morgan fingerprint density at radius 3 is 1.00 bits per heavy atom. The van der Waals surface area contributed by atoms with Crippen molar-refractivity contribution in [2.24, 2.45) is 0 Å². The number of amides is 4. The van der Waals surface area contributed by atoms with Crippen molar-refractivity contribution in [3.63, 3.8) is 0 Å². The smallest absolute Gasteiger partial charge is 0.266 e. The lowest BCUT2D eigenvalue weighted by Gasteiger charge is -2.37. The molecule has 6 aromatic carbocycles. The van der Waals surface area contributed by atoms with Gasteiger partial charge in [0.15, 0.2) is 0 Å². The van der Waals surface area contributed by atoms with Gasteiger partial charge in [-0.1, -0.05) is 128 Å². The largest absolute Gasteiger partial charge is 0.268 e. The molecular formula is C52H50N2O4S2. The van der Waals surface area contributed by atoms with Crippen molar-refractivity contribution >= 4 is 69.3 Å². The van der Waals surface area contributed by atoms with Crippen molar-refractivity contribution in [1.82, 2.24) is 0 Å². The summed E-state index contributed by atoms with van der Waals surface area (Å²) in [6, 6.07) is 31.3. The van der Waals surface area contributed by atoms with Gasteiger partial charge in [-0.25, -0.2) is 9.80 Å². The SMILES string of the molecule is CSc1ccccc1-c1cc2c3c(c(-c4ccccc4SC)cc4c3c1C(=O)N(c1c(C(C)C)cccc1C(C)C)C4=O)C(=O)N(c1c(C(C)C)cccc1C(C)C)C2=O. The number of imide groups is 2. The van der Waals surface area contributed by atoms with Gasteiger partial charge in [0, 0.05) is 31.7 Å². The third-order valence-electron chi connectivity index (χ3n) is 12.0. The van der Waals surface area contributed by atoms with Gasteiger partial charge in [-0.05, 0) is 105 Å². The molecule has 60 heavy (non-hydrogen) atoms. The Bertz CT molecular complexity index is 2560. The Hall–Kier alpha value is -5.44. The van der Waals surface area contributed by atoms with E-state index in [4.69, 9.17) is 0 Å². The fraction of sp³-hybridized carbons (Fsp3) is 0.269. The highest BCUT2D eigenvalue weighted by Gasteiger charge is 2.46. The first-order chi connectivity index (χ1) is 28.7. The van der Waals surface area contributed by atoms with E-state index in [0.717, 1.165) is 43.2 Å². The van der Waals surface area contributed by atoms with Gasteiger partial charge in [-0.2, -0.15) is 0 Å². The van der Waals surface area contributed by atoms with Crippen LogP contribution in [0.4, 0.5) is 11.4 Å². The maximum Gasteiger partial charge on any atom is 0.266 e. The van der Waals surface area contributed by atoms with Crippen LogP contribution in [0.5, 0.6) is 0 Å². The number of thioether (sulfide) groups is 2. The van der Waals surface area contributed by atoms with Crippen LogP contribution in [0.3, 0.4) is 0 Å². The number of rotatable bonds is 10. The molecule has 4 amide bonds. The van der Waals surface area contributed by atoms with E-state index in [1.807, 2.05) is 110 Å². The highest BCUT2D eigenvalue weighted by Crippen LogP contribution is 2.51. The van der Waals surface area contributed by atoms with Crippen LogP contribution >= 0.6 is 23.5 Å². The molecular weight excluding hydrogens is 781 g/mol. The van der Waals surface area contributed by atoms with Crippen molar-refractivity contribution in [2.45, 2.75) is 88.9 Å². The topological polar surface area (TPSA) is 74.8 Å². The fourth-order valence-electron chi connectivity index (χ4n) is 9.17. The number of para-hydroxylation sites is 2. The van der Waals surface area contributed by atoms with Gasteiger partial charge in [-0.3, -0.25) is 19.2 Å². The number of carbonyl (C=O) groups excluding carboxylic acids is 4. The second kappa shape index (κ2) is 15.9. The highest BCUT2D eigenvalue weighted by atomic mass is 32.2. The molecule has 0 bridgehead atoms. The summed E-state index contributed by atoms with van der Waals surface area (Å²) in [5, 5.41) is 0.696. The van der Waals surface area contributed by atoms with Gasteiger partial charge in [0.1, 0.15) is 0 Å². The van der Waals surface area contributed by atoms with E-state index in [2.05, 4.69) is 55.4 Å². The molecule has 304 valence electrons. The lowest BCUT2D eigenvalue weighted by molar-refractivity contribution is 0.0873. The zero-order chi connectivity index (χ0) is 42.9. The molecule has 0 saturated heterocycles. The number of benzene rings is 6. The van der Waals surface area contributed by atoms with Crippen LogP contribution < -0.4 is 9.80 Å². The summed E-state index contributed by atoms with van der Waals surface area (Å²) in [5.41, 5.74) is 8.57. The minimum absolute atomic E-state index is 0.00226. The highest BCUT2D eigenvalue weighted by molar-refractivity contribution is 7.99. The second-order valence-electron chi connectivity index (χ2n) is 16.9. The Labute approximate surface area is 361 Å². The standard InChI is InChI=1S/C52H50N2O4S2/c1-27(2)31-19-15-20-32(28(3)4)47(31)53-49(55)39-25-38(36-18-12-14-24-42(36)60-10)46-44-40(26-37(45(43(39)44)51(53)57)35-17-11-13-23-41(35)59-9)50(56)54(52(46)58)48-33(29(5)6)21-16-22-34(48)30(7)8/h11-30H,1-10H3. The van der Waals surface area contributed by atoms with E-state index in [9.17, 15) is 0 Å². The quantitative estimate of drug-likeness (QED) is 0.101. The Kier molecular flexibility index (Phi) is 10.9. The summed E-state index contributed by atoms with van der Waals surface area (Å²) in [7, 11) is 0. The Balaban J connectivity index is 1.58. The van der Waals surface area contributed by atoms with Crippen LogP contribution in [-0.4, -0.2) is 36.1 Å². The normalized spacial score (nSPS) is 14.0. The molecule has 0 aromatic heterocycles. The van der Waals surface area contributed by atoms with E-state index >= 15 is 19.2 Å². The minimum Gasteiger partial charge on any atom is -0.268 e. The van der Waals surface area contributed by atoms with Crippen LogP contribution in [0.25, 0.3) is 33.0 Å². The van der Waals surface area contributed by atoms with Crippen molar-refractivity contribution in [1.29, 1.82) is 0 Å². The number of carbonyl (C=O) groups is 4. The first-order valence-corrected chi connectivity index (χ1v) is 23.2. The van der Waals surface area contributed by atoms with Crippen LogP contribution in [-0.2, 0) is 0 Å². The zero-order valence-corrected chi connectivity index (χ0v) is 37.5. The van der Waals surface area contributed by atoms with Crippen LogP contribution in [0.1, 0.15) is 143 Å². The van der Waals surface area contributed by atoms with Gasteiger partial charge in [0.2, 0.25) is 0 Å². The number of hydrogen-bond donors (Lipinski definition) is 0. The second-order valence-corrected chi connectivity index (χ2v) is 18.6. The monoisotopic (exact) mass is 830 g/mol. The van der Waals surface area contributed by atoms with E-state index in [0.29, 0.717) is 44.4 Å². The van der Waals surface area contributed by atoms with Crippen molar-refractivity contribution < 1.29 is 19.2 Å². The first kappa shape index (κ1) is 41.3. The lowest BCUT2D eigenvalue weighted by Crippen LogP contribution is -2.45. The summed E-state index contributed by atoms with van der Waals surface area (Å²) >= 11 is 3.10. The van der Waals surface area contributed by atoms with Crippen molar-refractivity contribution in [3.8, 4) is 22.3 Å². The van der Waals surface area contributed by atoms with Crippen LogP contribution in [0.2, 0.25) is 0 Å². The molecule has 6 nitrogen and oxygen atoms in total. The Morgan fingerprint density at radius 1 is 0.383 bits per heavy atom. The molecule has 0 atom stereocenters. The number of hydrogen-bond acceptors (Lipinski definition) is 6. The molecule has 2 aliphatic rings. The predicted octanol–water partition coefficient (Wildman–Crippen LogP) is 13.7. The summed E-state index contributed by atoms with van der Waals surface area (Å²) in [6.45, 7) is 16.6. The summed E-state index contributed by atoms with van der Waals surface area (Å²) in [6.07, 6.45) is 3.98. The maximum absolute atomic E-state index is 15.7. The molecule has 8 rings (SSSR count). The van der Waals surface area contributed by atoms with Crippen LogP contribution in [0, 0.1) is 0 Å². The molecule has 8 heteroatoms. The van der Waals surface area contributed by atoms with Crippen LogP contribution in [0.15, 0.2) is 107 Å². The molecule has 0 radical (unpaired) electrons. The van der Waals surface area contributed by atoms with Crippen molar-refractivity contribution in [2.75, 3.05) is 22.3 Å². The van der Waals surface area contributed by atoms with Gasteiger partial charge >= 0.3 is 0 Å². The number of nitrogens with zero attached hydrogens (tertiary/aromatic N) is 2. The van der Waals surface area contributed by atoms with Crippen molar-refractivity contribution in [3.05, 3.63) is 142 Å². The molecule has 0 fully saturated rings. The molecule has 6 aromatic rings. The molecule has 2 aliphatic heterocycles. The minimum atomic E-state index is -0.479. The predicted molar refractivity (Wildman–Crippen MR) is 250 cm³/mol. The maximum atomic E-state index is 15.7. The van der Waals surface area contributed by atoms with E-state index in [1.165, 1.54) is 9.80 Å². The van der Waals surface area contributed by atoms with Gasteiger partial charge in [0.25, 0.3) is 23.6 Å². The van der Waals surface area contributed by atoms with E-state index < -0.39 is 23.6 Å². The third kappa shape index (κ3) is 6.33. The van der Waals surface area contributed by atoms with E-state index in [-0.39, 0.29) is 34.8 Å². The molecule has 0 saturated carbocycles. The summed E-state index contributed by atoms with van der Waals surface area (Å²) in [5.74, 6) is -1.90. The molecule has 0 spiro atoms. The Morgan fingerprint density at radius 2 is 0.700 bits per heavy atom. The lowest BCUT2D eigenvalue weighted by atomic mass is 9.78. The summed E-state index contributed by atoms with van der Waals surface area (Å²) in [4.78, 5) is 67.3. The summed E-state index contributed by atoms with van der Waals surface area (Å²) < 4.78 is 0. The zero-order valence-electron chi connectivity index (χ0n) is 35.9. The molecule has 0 N–H and O–H groups in total. The van der Waals surface area contributed by atoms with Gasteiger partial charge < -0.3 is 0 Å². The molecule has 0 unspecified atom stereocenters. The van der Waals surface area contributed by atoms with Gasteiger partial charge in [0.05, 0.1) is 22.5 Å². The average molecular weight is 831 g/mol. The fourth-order valence-corrected chi connectivity index (χ4v) is 10.4. The number of anilines is 2. The molecule has 2 heterocycles. The average Bonchev–Trinajstić information content (AvgIpc) is 3.24. The third-order valence-corrected chi connectivity index (χ3v) is 13.6.